The lowest BCUT2D eigenvalue weighted by atomic mass is 10.1. The summed E-state index contributed by atoms with van der Waals surface area (Å²) in [5.74, 6) is 0.975. The monoisotopic (exact) mass is 476 g/mol. The van der Waals surface area contributed by atoms with E-state index in [1.54, 1.807) is 11.8 Å². The number of carbonyl (C=O) groups excluding carboxylic acids is 1. The van der Waals surface area contributed by atoms with Crippen LogP contribution in [0, 0.1) is 6.92 Å². The molecule has 7 nitrogen and oxygen atoms in total. The normalized spacial score (nSPS) is 11.5. The third kappa shape index (κ3) is 5.93. The van der Waals surface area contributed by atoms with E-state index >= 15 is 0 Å². The Bertz CT molecular complexity index is 1270. The summed E-state index contributed by atoms with van der Waals surface area (Å²) in [5.41, 5.74) is 5.34. The first-order chi connectivity index (χ1) is 16.5. The smallest absolute Gasteiger partial charge is 0.220 e. The number of unbranched alkanes of at least 4 members (excludes halogenated alkanes) is 1. The number of para-hydroxylation sites is 1. The summed E-state index contributed by atoms with van der Waals surface area (Å²) >= 11 is 1.60. The molecule has 2 aromatic heterocycles. The second-order valence-electron chi connectivity index (χ2n) is 8.76. The van der Waals surface area contributed by atoms with Crippen molar-refractivity contribution in [2.75, 3.05) is 32.9 Å². The Morgan fingerprint density at radius 2 is 1.85 bits per heavy atom. The topological polar surface area (TPSA) is 75.9 Å². The summed E-state index contributed by atoms with van der Waals surface area (Å²) in [6.45, 7) is 4.42. The van der Waals surface area contributed by atoms with Gasteiger partial charge in [-0.05, 0) is 51.1 Å². The molecule has 1 N–H and O–H groups in total. The van der Waals surface area contributed by atoms with Gasteiger partial charge in [0.25, 0.3) is 0 Å². The first-order valence-electron chi connectivity index (χ1n) is 11.7. The minimum Gasteiger partial charge on any atom is -0.355 e. The van der Waals surface area contributed by atoms with Crippen LogP contribution in [0.4, 0.5) is 0 Å². The molecule has 34 heavy (non-hydrogen) atoms. The highest BCUT2D eigenvalue weighted by Gasteiger charge is 2.15. The van der Waals surface area contributed by atoms with Gasteiger partial charge in [0, 0.05) is 37.2 Å². The molecule has 0 aliphatic heterocycles. The number of thioether (sulfide) groups is 1. The number of hydrogen-bond donors (Lipinski definition) is 1. The highest BCUT2D eigenvalue weighted by Crippen LogP contribution is 2.28. The van der Waals surface area contributed by atoms with Gasteiger partial charge in [-0.2, -0.15) is 0 Å². The zero-order chi connectivity index (χ0) is 23.9. The summed E-state index contributed by atoms with van der Waals surface area (Å²) < 4.78 is 2.24. The van der Waals surface area contributed by atoms with Gasteiger partial charge in [-0.3, -0.25) is 4.79 Å². The number of hydrogen-bond acceptors (Lipinski definition) is 6. The molecule has 4 rings (SSSR count). The Labute approximate surface area is 205 Å². The minimum absolute atomic E-state index is 0.118. The fourth-order valence-electron chi connectivity index (χ4n) is 3.93. The van der Waals surface area contributed by atoms with Gasteiger partial charge in [0.2, 0.25) is 11.1 Å². The van der Waals surface area contributed by atoms with E-state index in [1.807, 2.05) is 20.2 Å². The first kappa shape index (κ1) is 24.2. The fraction of sp³-hybridized carbons (Fsp3) is 0.385. The van der Waals surface area contributed by atoms with Crippen molar-refractivity contribution in [1.82, 2.24) is 30.0 Å². The van der Waals surface area contributed by atoms with Crippen LogP contribution in [-0.2, 0) is 11.3 Å². The Morgan fingerprint density at radius 3 is 2.68 bits per heavy atom. The maximum atomic E-state index is 11.9. The van der Waals surface area contributed by atoms with Crippen molar-refractivity contribution in [3.63, 3.8) is 0 Å². The van der Waals surface area contributed by atoms with Gasteiger partial charge in [-0.15, -0.1) is 10.2 Å². The van der Waals surface area contributed by atoms with Crippen LogP contribution in [-0.4, -0.2) is 63.5 Å². The zero-order valence-corrected chi connectivity index (χ0v) is 20.9. The van der Waals surface area contributed by atoms with Crippen LogP contribution in [0.2, 0.25) is 0 Å². The second-order valence-corrected chi connectivity index (χ2v) is 9.82. The van der Waals surface area contributed by atoms with E-state index in [0.29, 0.717) is 18.1 Å². The van der Waals surface area contributed by atoms with Crippen LogP contribution >= 0.6 is 11.8 Å². The molecule has 0 atom stereocenters. The van der Waals surface area contributed by atoms with Crippen molar-refractivity contribution in [1.29, 1.82) is 0 Å². The maximum Gasteiger partial charge on any atom is 0.220 e. The van der Waals surface area contributed by atoms with Crippen molar-refractivity contribution in [3.05, 3.63) is 59.7 Å². The molecule has 178 valence electrons. The van der Waals surface area contributed by atoms with E-state index < -0.39 is 0 Å². The van der Waals surface area contributed by atoms with Gasteiger partial charge < -0.3 is 14.8 Å². The number of aryl methyl sites for hydroxylation is 1. The van der Waals surface area contributed by atoms with Gasteiger partial charge >= 0.3 is 0 Å². The van der Waals surface area contributed by atoms with E-state index in [-0.39, 0.29) is 5.91 Å². The van der Waals surface area contributed by atoms with E-state index in [4.69, 9.17) is 4.98 Å². The highest BCUT2D eigenvalue weighted by molar-refractivity contribution is 7.99. The Kier molecular flexibility index (Phi) is 8.13. The first-order valence-corrected chi connectivity index (χ1v) is 12.7. The molecule has 0 bridgehead atoms. The molecule has 0 unspecified atom stereocenters. The number of rotatable bonds is 11. The predicted octanol–water partition coefficient (Wildman–Crippen LogP) is 4.28. The standard InChI is InChI=1S/C26H32N6OS/c1-19-10-4-5-11-20(19)18-32-22-13-7-6-12-21(22)24-25(32)28-26(30-29-24)34-17-9-8-14-23(33)27-15-16-31(2)3/h4-7,10-13H,8-9,14-18H2,1-3H3,(H,27,33). The van der Waals surface area contributed by atoms with Crippen molar-refractivity contribution < 1.29 is 4.79 Å². The van der Waals surface area contributed by atoms with Crippen molar-refractivity contribution in [2.24, 2.45) is 0 Å². The molecule has 0 aliphatic rings. The van der Waals surface area contributed by atoms with E-state index in [2.05, 4.69) is 74.4 Å². The SMILES string of the molecule is Cc1ccccc1Cn1c2ccccc2c2nnc(SCCCCC(=O)NCCN(C)C)nc21. The van der Waals surface area contributed by atoms with E-state index in [0.717, 1.165) is 53.8 Å². The van der Waals surface area contributed by atoms with Crippen LogP contribution in [0.15, 0.2) is 53.7 Å². The lowest BCUT2D eigenvalue weighted by Gasteiger charge is -2.10. The van der Waals surface area contributed by atoms with Crippen molar-refractivity contribution >= 4 is 39.7 Å². The molecule has 8 heteroatoms. The van der Waals surface area contributed by atoms with E-state index in [1.165, 1.54) is 11.1 Å². The number of carbonyl (C=O) groups is 1. The molecule has 4 aromatic rings. The quantitative estimate of drug-likeness (QED) is 0.257. The zero-order valence-electron chi connectivity index (χ0n) is 20.1. The predicted molar refractivity (Wildman–Crippen MR) is 139 cm³/mol. The molecule has 0 spiro atoms. The molecule has 0 radical (unpaired) electrons. The lowest BCUT2D eigenvalue weighted by Crippen LogP contribution is -2.31. The van der Waals surface area contributed by atoms with Crippen LogP contribution in [0.25, 0.3) is 22.1 Å². The minimum atomic E-state index is 0.118. The van der Waals surface area contributed by atoms with Crippen LogP contribution in [0.1, 0.15) is 30.4 Å². The molecule has 2 aromatic carbocycles. The third-order valence-corrected chi connectivity index (χ3v) is 6.78. The van der Waals surface area contributed by atoms with Crippen LogP contribution in [0.5, 0.6) is 0 Å². The van der Waals surface area contributed by atoms with Gasteiger partial charge in [-0.1, -0.05) is 54.2 Å². The maximum absolute atomic E-state index is 11.9. The molecule has 1 amide bonds. The Balaban J connectivity index is 1.42. The number of likely N-dealkylation sites (N-methyl/N-ethyl adjacent to an activating group) is 1. The van der Waals surface area contributed by atoms with Gasteiger partial charge in [0.15, 0.2) is 5.65 Å². The van der Waals surface area contributed by atoms with Gasteiger partial charge in [0.05, 0.1) is 5.52 Å². The molecule has 0 saturated heterocycles. The van der Waals surface area contributed by atoms with E-state index in [9.17, 15) is 4.79 Å². The number of amides is 1. The van der Waals surface area contributed by atoms with Crippen LogP contribution in [0.3, 0.4) is 0 Å². The average molecular weight is 477 g/mol. The van der Waals surface area contributed by atoms with Gasteiger partial charge in [0.1, 0.15) is 5.52 Å². The lowest BCUT2D eigenvalue weighted by molar-refractivity contribution is -0.121. The number of fused-ring (bicyclic) bond motifs is 3. The molecule has 2 heterocycles. The summed E-state index contributed by atoms with van der Waals surface area (Å²) in [7, 11) is 4.00. The van der Waals surface area contributed by atoms with Gasteiger partial charge in [-0.25, -0.2) is 4.98 Å². The number of benzene rings is 2. The molecular weight excluding hydrogens is 444 g/mol. The molecule has 0 saturated carbocycles. The summed E-state index contributed by atoms with van der Waals surface area (Å²) in [4.78, 5) is 18.9. The number of nitrogens with one attached hydrogen (secondary N) is 1. The van der Waals surface area contributed by atoms with Crippen molar-refractivity contribution in [2.45, 2.75) is 37.9 Å². The molecular formula is C26H32N6OS. The second kappa shape index (κ2) is 11.4. The molecule has 0 aliphatic carbocycles. The average Bonchev–Trinajstić information content (AvgIpc) is 3.13. The third-order valence-electron chi connectivity index (χ3n) is 5.85. The Hall–Kier alpha value is -2.97. The largest absolute Gasteiger partial charge is 0.355 e. The summed E-state index contributed by atoms with van der Waals surface area (Å²) in [6, 6.07) is 16.7. The summed E-state index contributed by atoms with van der Waals surface area (Å²) in [5, 5.41) is 13.6. The van der Waals surface area contributed by atoms with Crippen molar-refractivity contribution in [3.8, 4) is 0 Å². The fourth-order valence-corrected chi connectivity index (χ4v) is 4.71. The molecule has 0 fully saturated rings. The highest BCUT2D eigenvalue weighted by atomic mass is 32.2. The number of aromatic nitrogens is 4. The van der Waals surface area contributed by atoms with Crippen LogP contribution < -0.4 is 5.32 Å². The number of nitrogens with zero attached hydrogens (tertiary/aromatic N) is 5. The Morgan fingerprint density at radius 1 is 1.06 bits per heavy atom. The summed E-state index contributed by atoms with van der Waals surface area (Å²) in [6.07, 6.45) is 2.33.